The van der Waals surface area contributed by atoms with E-state index in [9.17, 15) is 0 Å². The number of halogens is 1. The van der Waals surface area contributed by atoms with Gasteiger partial charge in [-0.1, -0.05) is 23.8 Å². The molecule has 110 valence electrons. The molecule has 3 nitrogen and oxygen atoms in total. The van der Waals surface area contributed by atoms with E-state index in [-0.39, 0.29) is 12.4 Å². The van der Waals surface area contributed by atoms with Crippen molar-refractivity contribution < 1.29 is 0 Å². The summed E-state index contributed by atoms with van der Waals surface area (Å²) in [5.74, 6) is 0. The van der Waals surface area contributed by atoms with E-state index < -0.39 is 0 Å². The molecule has 0 aliphatic heterocycles. The van der Waals surface area contributed by atoms with E-state index in [2.05, 4.69) is 55.9 Å². The first kappa shape index (κ1) is 17.0. The van der Waals surface area contributed by atoms with Crippen LogP contribution >= 0.6 is 23.7 Å². The Bertz CT molecular complexity index is 568. The van der Waals surface area contributed by atoms with Gasteiger partial charge in [0.05, 0.1) is 0 Å². The highest BCUT2D eigenvalue weighted by Crippen LogP contribution is 2.26. The molecule has 1 aromatic heterocycles. The number of hydrogen-bond donors (Lipinski definition) is 1. The second kappa shape index (κ2) is 7.07. The van der Waals surface area contributed by atoms with Crippen LogP contribution < -0.4 is 5.73 Å². The minimum Gasteiger partial charge on any atom is -0.375 e. The quantitative estimate of drug-likeness (QED) is 0.929. The Balaban J connectivity index is 0.00000200. The predicted molar refractivity (Wildman–Crippen MR) is 89.6 cm³/mol. The highest BCUT2D eigenvalue weighted by Gasteiger charge is 2.15. The second-order valence-electron chi connectivity index (χ2n) is 5.12. The molecule has 0 bridgehead atoms. The number of nitrogens with zero attached hydrogens (tertiary/aromatic N) is 2. The van der Waals surface area contributed by atoms with Gasteiger partial charge in [0.1, 0.15) is 0 Å². The third-order valence-electron chi connectivity index (χ3n) is 3.52. The van der Waals surface area contributed by atoms with Crippen LogP contribution in [0.3, 0.4) is 0 Å². The van der Waals surface area contributed by atoms with Crippen LogP contribution in [0.5, 0.6) is 0 Å². The Morgan fingerprint density at radius 1 is 1.35 bits per heavy atom. The molecule has 5 heteroatoms. The van der Waals surface area contributed by atoms with Gasteiger partial charge in [0.2, 0.25) is 0 Å². The number of aromatic nitrogens is 1. The van der Waals surface area contributed by atoms with Crippen molar-refractivity contribution in [3.05, 3.63) is 46.0 Å². The Morgan fingerprint density at radius 3 is 2.65 bits per heavy atom. The van der Waals surface area contributed by atoms with E-state index in [1.165, 1.54) is 21.6 Å². The molecule has 2 N–H and O–H groups in total. The topological polar surface area (TPSA) is 42.2 Å². The molecule has 1 atom stereocenters. The first-order chi connectivity index (χ1) is 8.97. The number of hydrogen-bond acceptors (Lipinski definition) is 4. The molecular formula is C15H22ClN3S. The molecule has 0 radical (unpaired) electrons. The maximum Gasteiger partial charge on any atom is 0.180 e. The molecule has 2 aromatic rings. The van der Waals surface area contributed by atoms with Crippen molar-refractivity contribution in [2.24, 2.45) is 0 Å². The van der Waals surface area contributed by atoms with Crippen molar-refractivity contribution >= 4 is 28.9 Å². The standard InChI is InChI=1S/C15H21N3S.ClH/c1-10-5-6-11(2)14(7-10)12(3)18(4)9-13-8-17-15(16)19-13;/h5-8,12H,9H2,1-4H3,(H2,16,17);1H. The summed E-state index contributed by atoms with van der Waals surface area (Å²) in [6.07, 6.45) is 1.87. The van der Waals surface area contributed by atoms with Crippen LogP contribution in [0.1, 0.15) is 34.5 Å². The monoisotopic (exact) mass is 311 g/mol. The van der Waals surface area contributed by atoms with Gasteiger partial charge < -0.3 is 5.73 Å². The van der Waals surface area contributed by atoms with Crippen LogP contribution in [0.2, 0.25) is 0 Å². The van der Waals surface area contributed by atoms with Gasteiger partial charge >= 0.3 is 0 Å². The average molecular weight is 312 g/mol. The van der Waals surface area contributed by atoms with Gasteiger partial charge in [0.25, 0.3) is 0 Å². The highest BCUT2D eigenvalue weighted by molar-refractivity contribution is 7.15. The van der Waals surface area contributed by atoms with Crippen LogP contribution in [0, 0.1) is 13.8 Å². The summed E-state index contributed by atoms with van der Waals surface area (Å²) in [5, 5.41) is 0.641. The van der Waals surface area contributed by atoms with Crippen molar-refractivity contribution in [1.29, 1.82) is 0 Å². The van der Waals surface area contributed by atoms with E-state index in [1.807, 2.05) is 6.20 Å². The molecule has 20 heavy (non-hydrogen) atoms. The molecule has 1 unspecified atom stereocenters. The van der Waals surface area contributed by atoms with Crippen molar-refractivity contribution in [3.63, 3.8) is 0 Å². The molecule has 1 aromatic carbocycles. The summed E-state index contributed by atoms with van der Waals surface area (Å²) in [5.41, 5.74) is 9.71. The van der Waals surface area contributed by atoms with Crippen LogP contribution in [-0.2, 0) is 6.54 Å². The van der Waals surface area contributed by atoms with Gasteiger partial charge in [-0.15, -0.1) is 23.7 Å². The Labute approximate surface area is 131 Å². The Kier molecular flexibility index (Phi) is 5.99. The minimum absolute atomic E-state index is 0. The Morgan fingerprint density at radius 2 is 2.05 bits per heavy atom. The fourth-order valence-electron chi connectivity index (χ4n) is 2.23. The van der Waals surface area contributed by atoms with Crippen LogP contribution in [0.15, 0.2) is 24.4 Å². The molecule has 0 amide bonds. The summed E-state index contributed by atoms with van der Waals surface area (Å²) in [6, 6.07) is 7.01. The summed E-state index contributed by atoms with van der Waals surface area (Å²) >= 11 is 1.56. The lowest BCUT2D eigenvalue weighted by molar-refractivity contribution is 0.254. The van der Waals surface area contributed by atoms with Crippen molar-refractivity contribution in [2.75, 3.05) is 12.8 Å². The number of nitrogen functional groups attached to an aromatic ring is 1. The maximum absolute atomic E-state index is 5.67. The largest absolute Gasteiger partial charge is 0.375 e. The third kappa shape index (κ3) is 3.95. The Hall–Kier alpha value is -1.10. The predicted octanol–water partition coefficient (Wildman–Crippen LogP) is 3.96. The molecule has 1 heterocycles. The smallest absolute Gasteiger partial charge is 0.180 e. The van der Waals surface area contributed by atoms with E-state index in [0.717, 1.165) is 6.54 Å². The average Bonchev–Trinajstić information content (AvgIpc) is 2.77. The highest BCUT2D eigenvalue weighted by atomic mass is 35.5. The zero-order valence-electron chi connectivity index (χ0n) is 12.4. The second-order valence-corrected chi connectivity index (χ2v) is 6.26. The summed E-state index contributed by atoms with van der Waals surface area (Å²) < 4.78 is 0. The number of aryl methyl sites for hydroxylation is 2. The first-order valence-electron chi connectivity index (χ1n) is 6.45. The normalized spacial score (nSPS) is 12.2. The number of thiazole rings is 1. The van der Waals surface area contributed by atoms with E-state index in [4.69, 9.17) is 5.73 Å². The molecule has 0 saturated carbocycles. The van der Waals surface area contributed by atoms with Gasteiger partial charge in [-0.05, 0) is 38.9 Å². The van der Waals surface area contributed by atoms with Crippen LogP contribution in [0.4, 0.5) is 5.13 Å². The third-order valence-corrected chi connectivity index (χ3v) is 4.33. The fourth-order valence-corrected chi connectivity index (χ4v) is 2.97. The lowest BCUT2D eigenvalue weighted by Crippen LogP contribution is -2.22. The lowest BCUT2D eigenvalue weighted by atomic mass is 9.99. The van der Waals surface area contributed by atoms with Crippen molar-refractivity contribution in [3.8, 4) is 0 Å². The molecule has 0 saturated heterocycles. The number of anilines is 1. The van der Waals surface area contributed by atoms with E-state index in [1.54, 1.807) is 11.3 Å². The molecule has 0 aliphatic carbocycles. The lowest BCUT2D eigenvalue weighted by Gasteiger charge is -2.26. The molecule has 2 rings (SSSR count). The zero-order chi connectivity index (χ0) is 14.0. The van der Waals surface area contributed by atoms with E-state index >= 15 is 0 Å². The van der Waals surface area contributed by atoms with Crippen molar-refractivity contribution in [2.45, 2.75) is 33.4 Å². The van der Waals surface area contributed by atoms with Gasteiger partial charge in [0, 0.05) is 23.7 Å². The summed E-state index contributed by atoms with van der Waals surface area (Å²) in [4.78, 5) is 7.64. The molecule has 0 spiro atoms. The molecular weight excluding hydrogens is 290 g/mol. The van der Waals surface area contributed by atoms with Crippen molar-refractivity contribution in [1.82, 2.24) is 9.88 Å². The molecule has 0 aliphatic rings. The van der Waals surface area contributed by atoms with Crippen LogP contribution in [-0.4, -0.2) is 16.9 Å². The van der Waals surface area contributed by atoms with Gasteiger partial charge in [-0.2, -0.15) is 0 Å². The SMILES string of the molecule is Cc1ccc(C)c(C(C)N(C)Cc2cnc(N)s2)c1.Cl. The zero-order valence-corrected chi connectivity index (χ0v) is 14.0. The van der Waals surface area contributed by atoms with Gasteiger partial charge in [0.15, 0.2) is 5.13 Å². The fraction of sp³-hybridized carbons (Fsp3) is 0.400. The van der Waals surface area contributed by atoms with Crippen LogP contribution in [0.25, 0.3) is 0 Å². The first-order valence-corrected chi connectivity index (χ1v) is 7.26. The maximum atomic E-state index is 5.67. The molecule has 0 fully saturated rings. The summed E-state index contributed by atoms with van der Waals surface area (Å²) in [7, 11) is 2.14. The number of rotatable bonds is 4. The number of benzene rings is 1. The minimum atomic E-state index is 0. The van der Waals surface area contributed by atoms with Gasteiger partial charge in [-0.25, -0.2) is 4.98 Å². The van der Waals surface area contributed by atoms with E-state index in [0.29, 0.717) is 11.2 Å². The summed E-state index contributed by atoms with van der Waals surface area (Å²) in [6.45, 7) is 7.43. The van der Waals surface area contributed by atoms with Gasteiger partial charge in [-0.3, -0.25) is 4.90 Å². The number of nitrogens with two attached hydrogens (primary N) is 1.